The summed E-state index contributed by atoms with van der Waals surface area (Å²) in [6, 6.07) is 9.48. The maximum Gasteiger partial charge on any atom is 0.0457 e. The average Bonchev–Trinajstić information content (AvgIpc) is 2.78. The van der Waals surface area contributed by atoms with E-state index in [9.17, 15) is 0 Å². The van der Waals surface area contributed by atoms with Gasteiger partial charge in [-0.15, -0.1) is 0 Å². The van der Waals surface area contributed by atoms with Gasteiger partial charge in [0.2, 0.25) is 0 Å². The minimum absolute atomic E-state index is 0.754. The van der Waals surface area contributed by atoms with Crippen LogP contribution >= 0.6 is 0 Å². The van der Waals surface area contributed by atoms with E-state index in [2.05, 4.69) is 41.5 Å². The molecule has 2 aromatic rings. The third kappa shape index (κ3) is 1.77. The van der Waals surface area contributed by atoms with E-state index < -0.39 is 0 Å². The van der Waals surface area contributed by atoms with Gasteiger partial charge < -0.3 is 10.3 Å². The third-order valence-electron chi connectivity index (χ3n) is 3.30. The van der Waals surface area contributed by atoms with Crippen LogP contribution in [0.3, 0.4) is 0 Å². The lowest BCUT2D eigenvalue weighted by Gasteiger charge is -2.03. The van der Waals surface area contributed by atoms with E-state index in [0.717, 1.165) is 18.5 Å². The predicted molar refractivity (Wildman–Crippen MR) is 62.7 cm³/mol. The molecule has 15 heavy (non-hydrogen) atoms. The summed E-state index contributed by atoms with van der Waals surface area (Å²) in [4.78, 5) is 3.24. The van der Waals surface area contributed by atoms with E-state index >= 15 is 0 Å². The molecule has 0 spiro atoms. The Morgan fingerprint density at radius 3 is 3.07 bits per heavy atom. The number of hydrogen-bond donors (Lipinski definition) is 2. The molecule has 1 aliphatic carbocycles. The number of aromatic amines is 1. The number of fused-ring (bicyclic) bond motifs is 1. The first-order valence-electron chi connectivity index (χ1n) is 5.62. The Kier molecular flexibility index (Phi) is 2.03. The highest BCUT2D eigenvalue weighted by Crippen LogP contribution is 2.29. The molecule has 2 N–H and O–H groups in total. The maximum atomic E-state index is 3.57. The Hall–Kier alpha value is -1.28. The molecule has 2 atom stereocenters. The molecule has 2 heteroatoms. The van der Waals surface area contributed by atoms with Crippen LogP contribution in [0.25, 0.3) is 10.9 Å². The van der Waals surface area contributed by atoms with Gasteiger partial charge in [-0.3, -0.25) is 0 Å². The lowest BCUT2D eigenvalue weighted by Crippen LogP contribution is -2.16. The van der Waals surface area contributed by atoms with Gasteiger partial charge in [0.1, 0.15) is 0 Å². The van der Waals surface area contributed by atoms with Crippen LogP contribution in [0.5, 0.6) is 0 Å². The zero-order valence-electron chi connectivity index (χ0n) is 8.96. The van der Waals surface area contributed by atoms with Crippen molar-refractivity contribution in [3.05, 3.63) is 36.0 Å². The van der Waals surface area contributed by atoms with Gasteiger partial charge in [0.05, 0.1) is 0 Å². The summed E-state index contributed by atoms with van der Waals surface area (Å²) in [5.74, 6) is 0.874. The molecule has 0 radical (unpaired) electrons. The first-order valence-corrected chi connectivity index (χ1v) is 5.62. The van der Waals surface area contributed by atoms with Crippen LogP contribution in [0, 0.1) is 5.92 Å². The summed E-state index contributed by atoms with van der Waals surface area (Å²) in [5.41, 5.74) is 2.60. The van der Waals surface area contributed by atoms with Crippen molar-refractivity contribution in [1.82, 2.24) is 10.3 Å². The molecule has 78 valence electrons. The van der Waals surface area contributed by atoms with Gasteiger partial charge in [0.25, 0.3) is 0 Å². The van der Waals surface area contributed by atoms with E-state index in [1.807, 2.05) is 6.20 Å². The average molecular weight is 200 g/mol. The lowest BCUT2D eigenvalue weighted by atomic mass is 10.1. The molecule has 0 bridgehead atoms. The molecule has 1 saturated carbocycles. The quantitative estimate of drug-likeness (QED) is 0.783. The number of H-pyrrole nitrogens is 1. The van der Waals surface area contributed by atoms with Gasteiger partial charge in [-0.25, -0.2) is 0 Å². The zero-order chi connectivity index (χ0) is 10.3. The molecule has 2 nitrogen and oxygen atoms in total. The minimum atomic E-state index is 0.754. The molecule has 2 unspecified atom stereocenters. The number of hydrogen-bond acceptors (Lipinski definition) is 1. The van der Waals surface area contributed by atoms with Crippen molar-refractivity contribution >= 4 is 10.9 Å². The normalized spacial score (nSPS) is 24.6. The number of nitrogens with one attached hydrogen (secondary N) is 2. The molecule has 1 aromatic heterocycles. The number of benzene rings is 1. The lowest BCUT2D eigenvalue weighted by molar-refractivity contribution is 0.653. The fraction of sp³-hybridized carbons (Fsp3) is 0.385. The highest BCUT2D eigenvalue weighted by Gasteiger charge is 2.31. The number of aromatic nitrogens is 1. The van der Waals surface area contributed by atoms with E-state index in [1.54, 1.807) is 0 Å². The standard InChI is InChI=1S/C13H16N2/c1-9-6-12(9)15-8-10-2-3-11-4-5-14-13(11)7-10/h2-5,7,9,12,14-15H,6,8H2,1H3. The van der Waals surface area contributed by atoms with Crippen LogP contribution in [-0.4, -0.2) is 11.0 Å². The second-order valence-corrected chi connectivity index (χ2v) is 4.60. The fourth-order valence-corrected chi connectivity index (χ4v) is 2.06. The van der Waals surface area contributed by atoms with E-state index in [4.69, 9.17) is 0 Å². The van der Waals surface area contributed by atoms with Crippen molar-refractivity contribution in [2.24, 2.45) is 5.92 Å². The molecule has 1 aliphatic rings. The Morgan fingerprint density at radius 2 is 2.27 bits per heavy atom. The Morgan fingerprint density at radius 1 is 1.40 bits per heavy atom. The summed E-state index contributed by atoms with van der Waals surface area (Å²) < 4.78 is 0. The SMILES string of the molecule is CC1CC1NCc1ccc2cc[nH]c2c1. The zero-order valence-corrected chi connectivity index (χ0v) is 8.96. The summed E-state index contributed by atoms with van der Waals surface area (Å²) in [6.07, 6.45) is 3.33. The van der Waals surface area contributed by atoms with Crippen molar-refractivity contribution in [2.45, 2.75) is 25.9 Å². The molecular weight excluding hydrogens is 184 g/mol. The second-order valence-electron chi connectivity index (χ2n) is 4.60. The van der Waals surface area contributed by atoms with Gasteiger partial charge in [-0.2, -0.15) is 0 Å². The van der Waals surface area contributed by atoms with E-state index in [1.165, 1.54) is 22.9 Å². The van der Waals surface area contributed by atoms with Gasteiger partial charge in [0, 0.05) is 24.3 Å². The van der Waals surface area contributed by atoms with Crippen LogP contribution in [0.1, 0.15) is 18.9 Å². The monoisotopic (exact) mass is 200 g/mol. The van der Waals surface area contributed by atoms with Gasteiger partial charge in [-0.05, 0) is 35.4 Å². The Balaban J connectivity index is 1.73. The summed E-state index contributed by atoms with van der Waals surface area (Å²) in [7, 11) is 0. The predicted octanol–water partition coefficient (Wildman–Crippen LogP) is 2.67. The Labute approximate surface area is 89.7 Å². The first-order chi connectivity index (χ1) is 7.33. The third-order valence-corrected chi connectivity index (χ3v) is 3.30. The second kappa shape index (κ2) is 3.38. The van der Waals surface area contributed by atoms with Gasteiger partial charge in [-0.1, -0.05) is 19.1 Å². The van der Waals surface area contributed by atoms with Crippen LogP contribution in [0.4, 0.5) is 0 Å². The van der Waals surface area contributed by atoms with Gasteiger partial charge in [0.15, 0.2) is 0 Å². The molecular formula is C13H16N2. The largest absolute Gasteiger partial charge is 0.361 e. The van der Waals surface area contributed by atoms with Crippen LogP contribution in [-0.2, 0) is 6.54 Å². The molecule has 1 heterocycles. The fourth-order valence-electron chi connectivity index (χ4n) is 2.06. The molecule has 0 aliphatic heterocycles. The maximum absolute atomic E-state index is 3.57. The Bertz CT molecular complexity index is 472. The van der Waals surface area contributed by atoms with Crippen molar-refractivity contribution in [3.8, 4) is 0 Å². The first kappa shape index (κ1) is 8.98. The summed E-state index contributed by atoms with van der Waals surface area (Å²) in [5, 5.41) is 4.86. The number of rotatable bonds is 3. The summed E-state index contributed by atoms with van der Waals surface area (Å²) >= 11 is 0. The van der Waals surface area contributed by atoms with Crippen LogP contribution in [0.2, 0.25) is 0 Å². The molecule has 1 aromatic carbocycles. The van der Waals surface area contributed by atoms with Crippen molar-refractivity contribution in [2.75, 3.05) is 0 Å². The molecule has 0 amide bonds. The van der Waals surface area contributed by atoms with Crippen LogP contribution in [0.15, 0.2) is 30.5 Å². The van der Waals surface area contributed by atoms with Crippen molar-refractivity contribution in [3.63, 3.8) is 0 Å². The van der Waals surface area contributed by atoms with Crippen molar-refractivity contribution in [1.29, 1.82) is 0 Å². The van der Waals surface area contributed by atoms with E-state index in [0.29, 0.717) is 0 Å². The van der Waals surface area contributed by atoms with Crippen LogP contribution < -0.4 is 5.32 Å². The highest BCUT2D eigenvalue weighted by atomic mass is 15.0. The molecule has 1 fully saturated rings. The molecule has 3 rings (SSSR count). The topological polar surface area (TPSA) is 27.8 Å². The molecule has 0 saturated heterocycles. The minimum Gasteiger partial charge on any atom is -0.361 e. The smallest absolute Gasteiger partial charge is 0.0457 e. The van der Waals surface area contributed by atoms with Gasteiger partial charge >= 0.3 is 0 Å². The van der Waals surface area contributed by atoms with E-state index in [-0.39, 0.29) is 0 Å². The summed E-state index contributed by atoms with van der Waals surface area (Å²) in [6.45, 7) is 3.29. The van der Waals surface area contributed by atoms with Crippen molar-refractivity contribution < 1.29 is 0 Å². The highest BCUT2D eigenvalue weighted by molar-refractivity contribution is 5.79.